The predicted molar refractivity (Wildman–Crippen MR) is 109 cm³/mol. The van der Waals surface area contributed by atoms with Crippen LogP contribution in [0.25, 0.3) is 0 Å². The Labute approximate surface area is 168 Å². The van der Waals surface area contributed by atoms with Crippen molar-refractivity contribution in [2.45, 2.75) is 13.5 Å². The zero-order valence-electron chi connectivity index (χ0n) is 16.0. The van der Waals surface area contributed by atoms with Crippen LogP contribution >= 0.6 is 0 Å². The number of rotatable bonds is 4. The highest BCUT2D eigenvalue weighted by atomic mass is 16.5. The van der Waals surface area contributed by atoms with Gasteiger partial charge in [-0.15, -0.1) is 0 Å². The van der Waals surface area contributed by atoms with Gasteiger partial charge in [-0.1, -0.05) is 42.5 Å². The van der Waals surface area contributed by atoms with Gasteiger partial charge in [0.15, 0.2) is 0 Å². The molecule has 0 bridgehead atoms. The van der Waals surface area contributed by atoms with Crippen LogP contribution in [0.4, 0.5) is 5.69 Å². The number of fused-ring (bicyclic) bond motifs is 1. The number of hydrogen-bond donors (Lipinski definition) is 2. The summed E-state index contributed by atoms with van der Waals surface area (Å²) in [4.78, 5) is 15.0. The predicted octanol–water partition coefficient (Wildman–Crippen LogP) is 4.02. The highest BCUT2D eigenvalue weighted by molar-refractivity contribution is 6.11. The Hall–Kier alpha value is -3.67. The number of amides is 1. The fourth-order valence-corrected chi connectivity index (χ4v) is 3.36. The van der Waals surface area contributed by atoms with Crippen LogP contribution in [0.1, 0.15) is 21.5 Å². The van der Waals surface area contributed by atoms with Crippen LogP contribution in [-0.4, -0.2) is 29.3 Å². The number of carbonyl (C=O) groups is 1. The van der Waals surface area contributed by atoms with E-state index >= 15 is 0 Å². The second kappa shape index (κ2) is 7.75. The van der Waals surface area contributed by atoms with Gasteiger partial charge < -0.3 is 24.6 Å². The summed E-state index contributed by atoms with van der Waals surface area (Å²) < 4.78 is 11.5. The van der Waals surface area contributed by atoms with Crippen LogP contribution in [0.5, 0.6) is 23.0 Å². The molecule has 0 spiro atoms. The van der Waals surface area contributed by atoms with Gasteiger partial charge in [-0.25, -0.2) is 0 Å². The Morgan fingerprint density at radius 1 is 1.07 bits per heavy atom. The summed E-state index contributed by atoms with van der Waals surface area (Å²) in [7, 11) is 0. The molecule has 6 nitrogen and oxygen atoms in total. The maximum absolute atomic E-state index is 13.4. The van der Waals surface area contributed by atoms with E-state index in [1.54, 1.807) is 24.0 Å². The Morgan fingerprint density at radius 3 is 2.59 bits per heavy atom. The number of ether oxygens (including phenoxy) is 2. The lowest BCUT2D eigenvalue weighted by Crippen LogP contribution is -2.38. The van der Waals surface area contributed by atoms with E-state index in [1.807, 2.05) is 42.5 Å². The largest absolute Gasteiger partial charge is 0.507 e. The van der Waals surface area contributed by atoms with Gasteiger partial charge in [0.05, 0.1) is 12.2 Å². The van der Waals surface area contributed by atoms with Crippen LogP contribution < -0.4 is 14.4 Å². The van der Waals surface area contributed by atoms with Crippen molar-refractivity contribution in [2.75, 3.05) is 18.1 Å². The molecule has 0 saturated heterocycles. The molecule has 1 amide bonds. The number of carbonyl (C=O) groups excluding carboxylic acids is 1. The summed E-state index contributed by atoms with van der Waals surface area (Å²) in [5.74, 6) is -0.104. The summed E-state index contributed by atoms with van der Waals surface area (Å²) in [5, 5.41) is 20.7. The summed E-state index contributed by atoms with van der Waals surface area (Å²) in [6, 6.07) is 17.9. The van der Waals surface area contributed by atoms with Gasteiger partial charge in [0.2, 0.25) is 0 Å². The van der Waals surface area contributed by atoms with Crippen molar-refractivity contribution in [1.82, 2.24) is 0 Å². The first-order valence-electron chi connectivity index (χ1n) is 9.32. The Kier molecular flexibility index (Phi) is 4.99. The fourth-order valence-electron chi connectivity index (χ4n) is 3.36. The quantitative estimate of drug-likeness (QED) is 0.702. The summed E-state index contributed by atoms with van der Waals surface area (Å²) in [5.41, 5.74) is 1.95. The van der Waals surface area contributed by atoms with Crippen molar-refractivity contribution in [3.05, 3.63) is 77.4 Å². The van der Waals surface area contributed by atoms with Crippen molar-refractivity contribution in [3.8, 4) is 23.0 Å². The second-order valence-corrected chi connectivity index (χ2v) is 6.79. The number of para-hydroxylation sites is 2. The molecule has 0 aliphatic carbocycles. The minimum atomic E-state index is -0.413. The monoisotopic (exact) mass is 391 g/mol. The third kappa shape index (κ3) is 3.57. The smallest absolute Gasteiger partial charge is 0.266 e. The number of phenolic OH excluding ortho intramolecular Hbond substituents is 2. The van der Waals surface area contributed by atoms with E-state index in [0.717, 1.165) is 5.56 Å². The standard InChI is InChI=1S/C23H21NO5/c1-15-18(25)13-19(26)21(22(15)29-14-16-7-3-2-4-8-16)23(27)24-11-12-28-20-10-6-5-9-17(20)24/h2-10,13,25-26H,11-12,14H2,1H3. The van der Waals surface area contributed by atoms with Crippen molar-refractivity contribution in [2.24, 2.45) is 0 Å². The number of hydrogen-bond acceptors (Lipinski definition) is 5. The molecule has 0 atom stereocenters. The lowest BCUT2D eigenvalue weighted by atomic mass is 10.0. The van der Waals surface area contributed by atoms with Gasteiger partial charge in [0.1, 0.15) is 41.8 Å². The first-order chi connectivity index (χ1) is 14.1. The molecule has 148 valence electrons. The van der Waals surface area contributed by atoms with Gasteiger partial charge in [-0.05, 0) is 24.6 Å². The van der Waals surface area contributed by atoms with E-state index in [2.05, 4.69) is 0 Å². The highest BCUT2D eigenvalue weighted by Crippen LogP contribution is 2.41. The number of nitrogens with zero attached hydrogens (tertiary/aromatic N) is 1. The minimum absolute atomic E-state index is 0.0212. The zero-order valence-corrected chi connectivity index (χ0v) is 16.0. The molecule has 1 aliphatic heterocycles. The first-order valence-corrected chi connectivity index (χ1v) is 9.32. The molecule has 6 heteroatoms. The number of aromatic hydroxyl groups is 2. The van der Waals surface area contributed by atoms with Crippen LogP contribution in [0.3, 0.4) is 0 Å². The van der Waals surface area contributed by atoms with Crippen molar-refractivity contribution < 1.29 is 24.5 Å². The SMILES string of the molecule is Cc1c(O)cc(O)c(C(=O)N2CCOc3ccccc32)c1OCc1ccccc1. The lowest BCUT2D eigenvalue weighted by Gasteiger charge is -2.30. The Balaban J connectivity index is 1.73. The van der Waals surface area contributed by atoms with Gasteiger partial charge in [0, 0.05) is 11.6 Å². The van der Waals surface area contributed by atoms with Crippen LogP contribution in [0.2, 0.25) is 0 Å². The lowest BCUT2D eigenvalue weighted by molar-refractivity contribution is 0.0969. The normalized spacial score (nSPS) is 12.8. The highest BCUT2D eigenvalue weighted by Gasteiger charge is 2.30. The minimum Gasteiger partial charge on any atom is -0.507 e. The van der Waals surface area contributed by atoms with E-state index in [9.17, 15) is 15.0 Å². The van der Waals surface area contributed by atoms with Gasteiger partial charge in [-0.2, -0.15) is 0 Å². The van der Waals surface area contributed by atoms with Crippen molar-refractivity contribution in [1.29, 1.82) is 0 Å². The summed E-state index contributed by atoms with van der Waals surface area (Å²) >= 11 is 0. The summed E-state index contributed by atoms with van der Waals surface area (Å²) in [6.45, 7) is 2.54. The molecule has 3 aromatic carbocycles. The molecular formula is C23H21NO5. The molecule has 4 rings (SSSR count). The zero-order chi connectivity index (χ0) is 20.4. The number of phenols is 2. The average molecular weight is 391 g/mol. The fraction of sp³-hybridized carbons (Fsp3) is 0.174. The summed E-state index contributed by atoms with van der Waals surface area (Å²) in [6.07, 6.45) is 0. The van der Waals surface area contributed by atoms with Gasteiger partial charge in [0.25, 0.3) is 5.91 Å². The van der Waals surface area contributed by atoms with E-state index < -0.39 is 5.91 Å². The first kappa shape index (κ1) is 18.7. The third-order valence-corrected chi connectivity index (χ3v) is 4.89. The molecular weight excluding hydrogens is 370 g/mol. The molecule has 0 fully saturated rings. The van der Waals surface area contributed by atoms with Crippen molar-refractivity contribution >= 4 is 11.6 Å². The van der Waals surface area contributed by atoms with E-state index in [1.165, 1.54) is 6.07 Å². The Bertz CT molecular complexity index is 1050. The van der Waals surface area contributed by atoms with E-state index in [0.29, 0.717) is 30.2 Å². The van der Waals surface area contributed by atoms with Crippen LogP contribution in [0.15, 0.2) is 60.7 Å². The molecule has 0 unspecified atom stereocenters. The average Bonchev–Trinajstić information content (AvgIpc) is 2.75. The Morgan fingerprint density at radius 2 is 1.79 bits per heavy atom. The maximum Gasteiger partial charge on any atom is 0.266 e. The number of anilines is 1. The van der Waals surface area contributed by atoms with Crippen molar-refractivity contribution in [3.63, 3.8) is 0 Å². The molecule has 1 aliphatic rings. The molecule has 1 heterocycles. The molecule has 0 radical (unpaired) electrons. The van der Waals surface area contributed by atoms with E-state index in [-0.39, 0.29) is 29.4 Å². The number of benzene rings is 3. The molecule has 0 aromatic heterocycles. The van der Waals surface area contributed by atoms with E-state index in [4.69, 9.17) is 9.47 Å². The van der Waals surface area contributed by atoms with Crippen LogP contribution in [0, 0.1) is 6.92 Å². The van der Waals surface area contributed by atoms with Gasteiger partial charge >= 0.3 is 0 Å². The van der Waals surface area contributed by atoms with Crippen LogP contribution in [-0.2, 0) is 6.61 Å². The third-order valence-electron chi connectivity index (χ3n) is 4.89. The topological polar surface area (TPSA) is 79.2 Å². The second-order valence-electron chi connectivity index (χ2n) is 6.79. The molecule has 29 heavy (non-hydrogen) atoms. The van der Waals surface area contributed by atoms with Gasteiger partial charge in [-0.3, -0.25) is 4.79 Å². The molecule has 2 N–H and O–H groups in total. The molecule has 3 aromatic rings. The maximum atomic E-state index is 13.4. The molecule has 0 saturated carbocycles.